The van der Waals surface area contributed by atoms with E-state index in [9.17, 15) is 14.4 Å². The highest BCUT2D eigenvalue weighted by Crippen LogP contribution is 2.21. The number of urea groups is 1. The third kappa shape index (κ3) is 4.88. The first-order valence-electron chi connectivity index (χ1n) is 5.07. The van der Waals surface area contributed by atoms with Crippen LogP contribution in [0.3, 0.4) is 0 Å². The quantitative estimate of drug-likeness (QED) is 0.814. The molecule has 19 heavy (non-hydrogen) atoms. The Hall–Kier alpha value is -1.60. The largest absolute Gasteiger partial charge is 0.452 e. The molecule has 2 N–H and O–H groups in total. The lowest BCUT2D eigenvalue weighted by molar-refractivity contribution is -0.123. The number of hydrogen-bond donors (Lipinski definition) is 2. The number of benzene rings is 1. The first-order valence-corrected chi connectivity index (χ1v) is 6.25. The number of esters is 1. The van der Waals surface area contributed by atoms with Crippen molar-refractivity contribution in [2.45, 2.75) is 0 Å². The summed E-state index contributed by atoms with van der Waals surface area (Å²) in [7, 11) is 1.36. The van der Waals surface area contributed by atoms with Gasteiger partial charge in [0.15, 0.2) is 6.61 Å². The lowest BCUT2D eigenvalue weighted by Gasteiger charge is -2.06. The Morgan fingerprint density at radius 3 is 2.68 bits per heavy atom. The van der Waals surface area contributed by atoms with Gasteiger partial charge >= 0.3 is 12.0 Å². The SMILES string of the molecule is CNC(=O)NC(=O)COC(=O)c1cc(Br)ccc1Cl. The zero-order valence-electron chi connectivity index (χ0n) is 9.83. The summed E-state index contributed by atoms with van der Waals surface area (Å²) in [5, 5.41) is 4.36. The third-order valence-corrected chi connectivity index (χ3v) is 2.79. The van der Waals surface area contributed by atoms with Crippen LogP contribution in [0.5, 0.6) is 0 Å². The van der Waals surface area contributed by atoms with Gasteiger partial charge in [-0.1, -0.05) is 27.5 Å². The van der Waals surface area contributed by atoms with Crippen molar-refractivity contribution in [3.05, 3.63) is 33.3 Å². The number of carbonyl (C=O) groups excluding carboxylic acids is 3. The molecule has 0 heterocycles. The van der Waals surface area contributed by atoms with Gasteiger partial charge < -0.3 is 10.1 Å². The maximum atomic E-state index is 11.7. The maximum Gasteiger partial charge on any atom is 0.340 e. The van der Waals surface area contributed by atoms with E-state index in [1.165, 1.54) is 19.2 Å². The lowest BCUT2D eigenvalue weighted by atomic mass is 10.2. The summed E-state index contributed by atoms with van der Waals surface area (Å²) in [5.41, 5.74) is 0.129. The van der Waals surface area contributed by atoms with Crippen LogP contribution in [0.4, 0.5) is 4.79 Å². The van der Waals surface area contributed by atoms with Gasteiger partial charge in [-0.05, 0) is 18.2 Å². The smallest absolute Gasteiger partial charge is 0.340 e. The predicted octanol–water partition coefficient (Wildman–Crippen LogP) is 1.71. The summed E-state index contributed by atoms with van der Waals surface area (Å²) in [6, 6.07) is 3.98. The summed E-state index contributed by atoms with van der Waals surface area (Å²) >= 11 is 9.01. The molecule has 0 aliphatic rings. The van der Waals surface area contributed by atoms with E-state index in [0.29, 0.717) is 4.47 Å². The Bertz CT molecular complexity index is 521. The summed E-state index contributed by atoms with van der Waals surface area (Å²) in [6.45, 7) is -0.574. The third-order valence-electron chi connectivity index (χ3n) is 1.96. The van der Waals surface area contributed by atoms with Crippen molar-refractivity contribution in [2.24, 2.45) is 0 Å². The standard InChI is InChI=1S/C11H10BrClN2O4/c1-14-11(18)15-9(16)5-19-10(17)7-4-6(12)2-3-8(7)13/h2-4H,5H2,1H3,(H2,14,15,16,18). The molecule has 0 unspecified atom stereocenters. The van der Waals surface area contributed by atoms with E-state index in [1.54, 1.807) is 6.07 Å². The highest BCUT2D eigenvalue weighted by atomic mass is 79.9. The average molecular weight is 350 g/mol. The molecular formula is C11H10BrClN2O4. The number of carbonyl (C=O) groups is 3. The highest BCUT2D eigenvalue weighted by molar-refractivity contribution is 9.10. The van der Waals surface area contributed by atoms with Crippen molar-refractivity contribution in [1.29, 1.82) is 0 Å². The van der Waals surface area contributed by atoms with E-state index in [4.69, 9.17) is 16.3 Å². The fraction of sp³-hybridized carbons (Fsp3) is 0.182. The molecule has 1 aromatic rings. The second kappa shape index (κ2) is 7.10. The minimum absolute atomic E-state index is 0.129. The van der Waals surface area contributed by atoms with E-state index >= 15 is 0 Å². The molecule has 8 heteroatoms. The van der Waals surface area contributed by atoms with Crippen LogP contribution in [-0.2, 0) is 9.53 Å². The van der Waals surface area contributed by atoms with Gasteiger partial charge in [0.05, 0.1) is 10.6 Å². The number of hydrogen-bond acceptors (Lipinski definition) is 4. The zero-order valence-corrected chi connectivity index (χ0v) is 12.2. The molecule has 0 saturated heterocycles. The fourth-order valence-corrected chi connectivity index (χ4v) is 1.64. The van der Waals surface area contributed by atoms with Crippen LogP contribution >= 0.6 is 27.5 Å². The monoisotopic (exact) mass is 348 g/mol. The number of halogens is 2. The van der Waals surface area contributed by atoms with Crippen molar-refractivity contribution in [3.63, 3.8) is 0 Å². The number of rotatable bonds is 3. The van der Waals surface area contributed by atoms with Crippen LogP contribution in [0.25, 0.3) is 0 Å². The Labute approximate surface area is 122 Å². The molecule has 102 valence electrons. The predicted molar refractivity (Wildman–Crippen MR) is 72.0 cm³/mol. The van der Waals surface area contributed by atoms with Gasteiger partial charge in [0.25, 0.3) is 5.91 Å². The maximum absolute atomic E-state index is 11.7. The Kier molecular flexibility index (Phi) is 5.78. The van der Waals surface area contributed by atoms with E-state index in [1.807, 2.05) is 5.32 Å². The van der Waals surface area contributed by atoms with Crippen molar-refractivity contribution in [3.8, 4) is 0 Å². The molecule has 1 aromatic carbocycles. The van der Waals surface area contributed by atoms with Crippen LogP contribution in [0, 0.1) is 0 Å². The van der Waals surface area contributed by atoms with E-state index in [-0.39, 0.29) is 10.6 Å². The zero-order chi connectivity index (χ0) is 14.4. The summed E-state index contributed by atoms with van der Waals surface area (Å²) < 4.78 is 5.39. The molecule has 3 amide bonds. The van der Waals surface area contributed by atoms with Gasteiger partial charge in [-0.15, -0.1) is 0 Å². The Morgan fingerprint density at radius 1 is 1.37 bits per heavy atom. The van der Waals surface area contributed by atoms with E-state index in [2.05, 4.69) is 21.2 Å². The summed E-state index contributed by atoms with van der Waals surface area (Å²) in [4.78, 5) is 33.7. The fourth-order valence-electron chi connectivity index (χ4n) is 1.09. The molecule has 0 atom stereocenters. The van der Waals surface area contributed by atoms with Crippen molar-refractivity contribution >= 4 is 45.4 Å². The van der Waals surface area contributed by atoms with Crippen LogP contribution in [0.2, 0.25) is 5.02 Å². The van der Waals surface area contributed by atoms with Crippen LogP contribution in [-0.4, -0.2) is 31.6 Å². The van der Waals surface area contributed by atoms with Gasteiger partial charge in [-0.3, -0.25) is 10.1 Å². The lowest BCUT2D eigenvalue weighted by Crippen LogP contribution is -2.39. The van der Waals surface area contributed by atoms with Crippen molar-refractivity contribution in [1.82, 2.24) is 10.6 Å². The molecule has 0 aliphatic heterocycles. The first kappa shape index (κ1) is 15.5. The molecular weight excluding hydrogens is 339 g/mol. The van der Waals surface area contributed by atoms with Gasteiger partial charge in [0, 0.05) is 11.5 Å². The molecule has 0 aromatic heterocycles. The molecule has 0 bridgehead atoms. The van der Waals surface area contributed by atoms with Gasteiger partial charge in [0.2, 0.25) is 0 Å². The first-order chi connectivity index (χ1) is 8.93. The summed E-state index contributed by atoms with van der Waals surface area (Å²) in [5.74, 6) is -1.49. The molecule has 0 spiro atoms. The highest BCUT2D eigenvalue weighted by Gasteiger charge is 2.15. The molecule has 0 radical (unpaired) electrons. The molecule has 0 fully saturated rings. The molecule has 0 saturated carbocycles. The van der Waals surface area contributed by atoms with Crippen LogP contribution in [0.1, 0.15) is 10.4 Å². The Morgan fingerprint density at radius 2 is 2.05 bits per heavy atom. The van der Waals surface area contributed by atoms with E-state index in [0.717, 1.165) is 0 Å². The van der Waals surface area contributed by atoms with Gasteiger partial charge in [-0.25, -0.2) is 9.59 Å². The minimum atomic E-state index is -0.752. The summed E-state index contributed by atoms with van der Waals surface area (Å²) in [6.07, 6.45) is 0. The van der Waals surface area contributed by atoms with Gasteiger partial charge in [-0.2, -0.15) is 0 Å². The normalized spacial score (nSPS) is 9.63. The van der Waals surface area contributed by atoms with E-state index < -0.39 is 24.5 Å². The molecule has 6 nitrogen and oxygen atoms in total. The number of amides is 3. The topological polar surface area (TPSA) is 84.5 Å². The molecule has 1 rings (SSSR count). The number of nitrogens with one attached hydrogen (secondary N) is 2. The molecule has 0 aliphatic carbocycles. The van der Waals surface area contributed by atoms with Gasteiger partial charge in [0.1, 0.15) is 0 Å². The van der Waals surface area contributed by atoms with Crippen LogP contribution in [0.15, 0.2) is 22.7 Å². The number of ether oxygens (including phenoxy) is 1. The second-order valence-electron chi connectivity index (χ2n) is 3.33. The second-order valence-corrected chi connectivity index (χ2v) is 4.65. The van der Waals surface area contributed by atoms with Crippen LogP contribution < -0.4 is 10.6 Å². The van der Waals surface area contributed by atoms with Crippen molar-refractivity contribution in [2.75, 3.05) is 13.7 Å². The number of imide groups is 1. The van der Waals surface area contributed by atoms with Crippen molar-refractivity contribution < 1.29 is 19.1 Å². The Balaban J connectivity index is 2.58. The average Bonchev–Trinajstić information content (AvgIpc) is 2.38. The minimum Gasteiger partial charge on any atom is -0.452 e.